The number of nitrogens with zero attached hydrogens (tertiary/aromatic N) is 2. The number of fused-ring (bicyclic) bond motifs is 1. The summed E-state index contributed by atoms with van der Waals surface area (Å²) in [6, 6.07) is 8.31. The number of aromatic nitrogens is 2. The molecule has 0 unspecified atom stereocenters. The minimum absolute atomic E-state index is 0.00617. The molecule has 2 aromatic carbocycles. The van der Waals surface area contributed by atoms with Gasteiger partial charge in [-0.2, -0.15) is 0 Å². The van der Waals surface area contributed by atoms with E-state index in [0.29, 0.717) is 35.5 Å². The summed E-state index contributed by atoms with van der Waals surface area (Å²) in [6.45, 7) is 6.74. The second-order valence-electron chi connectivity index (χ2n) is 7.63. The van der Waals surface area contributed by atoms with Crippen LogP contribution < -0.4 is 5.32 Å². The zero-order valence-electron chi connectivity index (χ0n) is 16.8. The van der Waals surface area contributed by atoms with Crippen LogP contribution in [0.1, 0.15) is 18.1 Å². The van der Waals surface area contributed by atoms with E-state index in [1.54, 1.807) is 12.1 Å². The van der Waals surface area contributed by atoms with Crippen molar-refractivity contribution in [3.8, 4) is 11.8 Å². The average Bonchev–Trinajstić information content (AvgIpc) is 2.74. The monoisotopic (exact) mass is 435 g/mol. The summed E-state index contributed by atoms with van der Waals surface area (Å²) in [5.41, 5.74) is 2.04. The first kappa shape index (κ1) is 21.0. The lowest BCUT2D eigenvalue weighted by Crippen LogP contribution is -2.38. The molecule has 0 bridgehead atoms. The van der Waals surface area contributed by atoms with Crippen LogP contribution >= 0.6 is 11.6 Å². The van der Waals surface area contributed by atoms with Crippen LogP contribution in [0.25, 0.3) is 10.9 Å². The van der Waals surface area contributed by atoms with Crippen molar-refractivity contribution in [1.29, 1.82) is 0 Å². The number of ether oxygens (including phenoxy) is 1. The summed E-state index contributed by atoms with van der Waals surface area (Å²) in [7, 11) is 0. The molecule has 0 atom stereocenters. The van der Waals surface area contributed by atoms with Crippen molar-refractivity contribution in [2.45, 2.75) is 13.3 Å². The number of rotatable bonds is 5. The number of carbonyl (C=O) groups is 1. The topological polar surface area (TPSA) is 64.1 Å². The van der Waals surface area contributed by atoms with Gasteiger partial charge in [0.05, 0.1) is 34.9 Å². The molecule has 31 heavy (non-hydrogen) atoms. The van der Waals surface area contributed by atoms with E-state index in [2.05, 4.69) is 33.7 Å². The minimum Gasteiger partial charge on any atom is -0.378 e. The summed E-state index contributed by atoms with van der Waals surface area (Å²) >= 11 is 5.89. The highest BCUT2D eigenvalue weighted by molar-refractivity contribution is 6.31. The van der Waals surface area contributed by atoms with Gasteiger partial charge in [0.1, 0.15) is 12.1 Å². The molecule has 1 aliphatic rings. The Labute approximate surface area is 184 Å². The lowest BCUT2D eigenvalue weighted by atomic mass is 9.89. The van der Waals surface area contributed by atoms with Crippen LogP contribution in [0.3, 0.4) is 0 Å². The zero-order chi connectivity index (χ0) is 22.0. The van der Waals surface area contributed by atoms with E-state index in [-0.39, 0.29) is 28.3 Å². The lowest BCUT2D eigenvalue weighted by molar-refractivity contribution is -0.114. The maximum atomic E-state index is 14.4. The molecule has 1 fully saturated rings. The smallest absolute Gasteiger partial charge is 0.165 e. The van der Waals surface area contributed by atoms with Crippen molar-refractivity contribution in [1.82, 2.24) is 9.97 Å². The Balaban J connectivity index is 1.81. The Morgan fingerprint density at radius 2 is 2.19 bits per heavy atom. The molecule has 0 aliphatic carbocycles. The number of halogens is 2. The van der Waals surface area contributed by atoms with Gasteiger partial charge in [0.15, 0.2) is 11.6 Å². The van der Waals surface area contributed by atoms with Crippen molar-refractivity contribution in [3.63, 3.8) is 0 Å². The van der Waals surface area contributed by atoms with Crippen molar-refractivity contribution >= 4 is 39.8 Å². The van der Waals surface area contributed by atoms with Crippen LogP contribution in [0.15, 0.2) is 49.3 Å². The van der Waals surface area contributed by atoms with Crippen molar-refractivity contribution < 1.29 is 13.9 Å². The Hall–Kier alpha value is -3.27. The predicted octanol–water partition coefficient (Wildman–Crippen LogP) is 4.85. The van der Waals surface area contributed by atoms with Gasteiger partial charge in [0.25, 0.3) is 0 Å². The SMILES string of the molecule is C=CC(=O)Cc1cc2c(Nc3cccc(Cl)c3F)ncnc2cc1C#CC1(C)COC1. The third kappa shape index (κ3) is 4.43. The molecule has 1 aromatic heterocycles. The number of hydrogen-bond acceptors (Lipinski definition) is 5. The summed E-state index contributed by atoms with van der Waals surface area (Å²) in [5, 5.41) is 3.62. The van der Waals surface area contributed by atoms with Gasteiger partial charge in [0.2, 0.25) is 0 Å². The third-order valence-corrected chi connectivity index (χ3v) is 5.29. The van der Waals surface area contributed by atoms with Crippen LogP contribution in [-0.2, 0) is 16.0 Å². The molecule has 1 aliphatic heterocycles. The first-order valence-electron chi connectivity index (χ1n) is 9.63. The Morgan fingerprint density at radius 3 is 2.90 bits per heavy atom. The average molecular weight is 436 g/mol. The van der Waals surface area contributed by atoms with Gasteiger partial charge >= 0.3 is 0 Å². The summed E-state index contributed by atoms with van der Waals surface area (Å²) in [5.74, 6) is 6.13. The van der Waals surface area contributed by atoms with E-state index in [1.807, 2.05) is 19.1 Å². The standard InChI is InChI=1S/C24H19ClFN3O2/c1-3-17(30)9-16-10-18-21(11-15(16)7-8-24(2)12-31-13-24)27-14-28-23(18)29-20-6-4-5-19(25)22(20)26/h3-6,10-11,14H,1,9,12-13H2,2H3,(H,27,28,29). The lowest BCUT2D eigenvalue weighted by Gasteiger charge is -2.32. The fraction of sp³-hybridized carbons (Fsp3) is 0.208. The fourth-order valence-corrected chi connectivity index (χ4v) is 3.37. The van der Waals surface area contributed by atoms with E-state index < -0.39 is 5.82 Å². The quantitative estimate of drug-likeness (QED) is 0.458. The first-order chi connectivity index (χ1) is 14.9. The van der Waals surface area contributed by atoms with Gasteiger partial charge in [-0.25, -0.2) is 14.4 Å². The molecule has 1 saturated heterocycles. The van der Waals surface area contributed by atoms with Gasteiger partial charge in [-0.3, -0.25) is 4.79 Å². The summed E-state index contributed by atoms with van der Waals surface area (Å²) in [4.78, 5) is 20.7. The highest BCUT2D eigenvalue weighted by Crippen LogP contribution is 2.30. The molecule has 0 amide bonds. The second-order valence-corrected chi connectivity index (χ2v) is 8.03. The Morgan fingerprint density at radius 1 is 1.39 bits per heavy atom. The Kier molecular flexibility index (Phi) is 5.73. The molecule has 7 heteroatoms. The number of allylic oxidation sites excluding steroid dienone is 1. The first-order valence-corrected chi connectivity index (χ1v) is 10.0. The molecule has 1 N–H and O–H groups in total. The molecule has 0 spiro atoms. The summed E-state index contributed by atoms with van der Waals surface area (Å²) in [6.07, 6.45) is 2.81. The highest BCUT2D eigenvalue weighted by atomic mass is 35.5. The zero-order valence-corrected chi connectivity index (χ0v) is 17.6. The molecule has 4 rings (SSSR count). The number of nitrogens with one attached hydrogen (secondary N) is 1. The van der Waals surface area contributed by atoms with E-state index in [9.17, 15) is 9.18 Å². The van der Waals surface area contributed by atoms with Crippen molar-refractivity contribution in [2.75, 3.05) is 18.5 Å². The molecular weight excluding hydrogens is 417 g/mol. The van der Waals surface area contributed by atoms with Gasteiger partial charge in [0, 0.05) is 17.4 Å². The third-order valence-electron chi connectivity index (χ3n) is 5.00. The maximum absolute atomic E-state index is 14.4. The van der Waals surface area contributed by atoms with Gasteiger partial charge < -0.3 is 10.1 Å². The van der Waals surface area contributed by atoms with Crippen LogP contribution in [0.4, 0.5) is 15.9 Å². The van der Waals surface area contributed by atoms with Crippen molar-refractivity contribution in [2.24, 2.45) is 5.41 Å². The minimum atomic E-state index is -0.573. The van der Waals surface area contributed by atoms with Gasteiger partial charge in [-0.1, -0.05) is 36.1 Å². The molecule has 3 aromatic rings. The predicted molar refractivity (Wildman–Crippen MR) is 119 cm³/mol. The molecular formula is C24H19ClFN3O2. The second kappa shape index (κ2) is 8.46. The fourth-order valence-electron chi connectivity index (χ4n) is 3.20. The number of ketones is 1. The number of carbonyl (C=O) groups excluding carboxylic acids is 1. The van der Waals surface area contributed by atoms with E-state index >= 15 is 0 Å². The van der Waals surface area contributed by atoms with Crippen LogP contribution in [0.2, 0.25) is 5.02 Å². The number of anilines is 2. The van der Waals surface area contributed by atoms with E-state index in [1.165, 1.54) is 18.5 Å². The maximum Gasteiger partial charge on any atom is 0.165 e. The van der Waals surface area contributed by atoms with Crippen LogP contribution in [0, 0.1) is 23.1 Å². The summed E-state index contributed by atoms with van der Waals surface area (Å²) < 4.78 is 19.6. The molecule has 2 heterocycles. The highest BCUT2D eigenvalue weighted by Gasteiger charge is 2.31. The van der Waals surface area contributed by atoms with E-state index in [0.717, 1.165) is 5.56 Å². The number of benzene rings is 2. The van der Waals surface area contributed by atoms with Crippen LogP contribution in [0.5, 0.6) is 0 Å². The molecule has 5 nitrogen and oxygen atoms in total. The molecule has 0 radical (unpaired) electrons. The van der Waals surface area contributed by atoms with Crippen molar-refractivity contribution in [3.05, 3.63) is 71.3 Å². The van der Waals surface area contributed by atoms with Gasteiger partial charge in [-0.05, 0) is 42.8 Å². The largest absolute Gasteiger partial charge is 0.378 e. The van der Waals surface area contributed by atoms with Crippen LogP contribution in [-0.4, -0.2) is 29.0 Å². The normalized spacial score (nSPS) is 14.3. The Bertz CT molecular complexity index is 1260. The van der Waals surface area contributed by atoms with E-state index in [4.69, 9.17) is 16.3 Å². The molecule has 0 saturated carbocycles. The number of hydrogen-bond donors (Lipinski definition) is 1. The van der Waals surface area contributed by atoms with Gasteiger partial charge in [-0.15, -0.1) is 0 Å². The molecule has 156 valence electrons.